The lowest BCUT2D eigenvalue weighted by Crippen LogP contribution is -2.44. The van der Waals surface area contributed by atoms with E-state index >= 15 is 0 Å². The lowest BCUT2D eigenvalue weighted by Gasteiger charge is -2.25. The van der Waals surface area contributed by atoms with Gasteiger partial charge in [0, 0.05) is 6.42 Å². The van der Waals surface area contributed by atoms with Gasteiger partial charge in [-0.3, -0.25) is 0 Å². The third-order valence-electron chi connectivity index (χ3n) is 2.70. The highest BCUT2D eigenvalue weighted by molar-refractivity contribution is 5.03. The Morgan fingerprint density at radius 3 is 2.38 bits per heavy atom. The van der Waals surface area contributed by atoms with Crippen molar-refractivity contribution in [2.75, 3.05) is 13.2 Å². The van der Waals surface area contributed by atoms with Crippen LogP contribution in [0.2, 0.25) is 0 Å². The predicted octanol–water partition coefficient (Wildman–Crippen LogP) is -1.39. The highest BCUT2D eigenvalue weighted by Gasteiger charge is 2.57. The molecule has 0 amide bonds. The Bertz CT molecular complexity index is 217. The predicted molar refractivity (Wildman–Crippen MR) is 41.9 cm³/mol. The van der Waals surface area contributed by atoms with Gasteiger partial charge in [0.15, 0.2) is 5.79 Å². The van der Waals surface area contributed by atoms with Crippen molar-refractivity contribution in [1.29, 1.82) is 0 Å². The van der Waals surface area contributed by atoms with E-state index in [2.05, 4.69) is 0 Å². The van der Waals surface area contributed by atoms with Gasteiger partial charge in [-0.05, 0) is 6.92 Å². The van der Waals surface area contributed by atoms with Crippen LogP contribution in [0.3, 0.4) is 0 Å². The van der Waals surface area contributed by atoms with E-state index in [4.69, 9.17) is 9.47 Å². The van der Waals surface area contributed by atoms with E-state index < -0.39 is 23.6 Å². The Morgan fingerprint density at radius 1 is 1.31 bits per heavy atom. The molecule has 0 saturated carbocycles. The zero-order chi connectivity index (χ0) is 9.69. The number of ether oxygens (including phenoxy) is 2. The van der Waals surface area contributed by atoms with Crippen LogP contribution in [0.4, 0.5) is 0 Å². The molecule has 1 unspecified atom stereocenters. The van der Waals surface area contributed by atoms with Gasteiger partial charge in [-0.1, -0.05) is 0 Å². The molecule has 2 aliphatic rings. The lowest BCUT2D eigenvalue weighted by molar-refractivity contribution is -0.155. The summed E-state index contributed by atoms with van der Waals surface area (Å²) in [5.74, 6) is -1.26. The average molecular weight is 190 g/mol. The second-order valence-electron chi connectivity index (χ2n) is 4.03. The first-order valence-corrected chi connectivity index (χ1v) is 4.32. The highest BCUT2D eigenvalue weighted by atomic mass is 16.7. The van der Waals surface area contributed by atoms with Gasteiger partial charge in [0.2, 0.25) is 0 Å². The highest BCUT2D eigenvalue weighted by Crippen LogP contribution is 2.40. The summed E-state index contributed by atoms with van der Waals surface area (Å²) in [4.78, 5) is 0. The van der Waals surface area contributed by atoms with E-state index in [0.29, 0.717) is 0 Å². The summed E-state index contributed by atoms with van der Waals surface area (Å²) in [5.41, 5.74) is -0.914. The van der Waals surface area contributed by atoms with E-state index in [1.54, 1.807) is 0 Å². The van der Waals surface area contributed by atoms with E-state index in [0.717, 1.165) is 0 Å². The van der Waals surface area contributed by atoms with Crippen LogP contribution in [0.15, 0.2) is 0 Å². The SMILES string of the molecule is CC1(O)C[C@]2(CO1)OC[C@@H](O)[C@@H]2O. The van der Waals surface area contributed by atoms with Gasteiger partial charge in [0.25, 0.3) is 0 Å². The first kappa shape index (κ1) is 9.36. The maximum absolute atomic E-state index is 9.61. The van der Waals surface area contributed by atoms with Gasteiger partial charge < -0.3 is 24.8 Å². The van der Waals surface area contributed by atoms with Crippen molar-refractivity contribution < 1.29 is 24.8 Å². The minimum absolute atomic E-state index is 0.0978. The molecule has 0 aromatic carbocycles. The standard InChI is InChI=1S/C8H14O5/c1-7(11)3-8(4-13-7)6(10)5(9)2-12-8/h5-6,9-11H,2-4H2,1H3/t5-,6+,7?,8-/m1/s1. The molecule has 3 N–H and O–H groups in total. The molecule has 2 saturated heterocycles. The Morgan fingerprint density at radius 2 is 2.00 bits per heavy atom. The van der Waals surface area contributed by atoms with Crippen LogP contribution in [0.5, 0.6) is 0 Å². The van der Waals surface area contributed by atoms with Gasteiger partial charge in [-0.2, -0.15) is 0 Å². The summed E-state index contributed by atoms with van der Waals surface area (Å²) in [6.45, 7) is 1.74. The zero-order valence-electron chi connectivity index (χ0n) is 7.43. The lowest BCUT2D eigenvalue weighted by atomic mass is 9.92. The number of rotatable bonds is 0. The van der Waals surface area contributed by atoms with Gasteiger partial charge in [0.05, 0.1) is 13.2 Å². The monoisotopic (exact) mass is 190 g/mol. The Kier molecular flexibility index (Phi) is 1.91. The summed E-state index contributed by atoms with van der Waals surface area (Å²) in [5, 5.41) is 28.4. The largest absolute Gasteiger partial charge is 0.388 e. The molecule has 76 valence electrons. The van der Waals surface area contributed by atoms with Crippen LogP contribution in [-0.4, -0.2) is 52.1 Å². The molecule has 0 aromatic rings. The van der Waals surface area contributed by atoms with Crippen molar-refractivity contribution in [2.45, 2.75) is 36.9 Å². The van der Waals surface area contributed by atoms with Crippen LogP contribution >= 0.6 is 0 Å². The fourth-order valence-electron chi connectivity index (χ4n) is 2.00. The number of hydrogen-bond acceptors (Lipinski definition) is 5. The summed E-state index contributed by atoms with van der Waals surface area (Å²) < 4.78 is 10.3. The van der Waals surface area contributed by atoms with Gasteiger partial charge in [-0.15, -0.1) is 0 Å². The quantitative estimate of drug-likeness (QED) is 0.438. The number of aliphatic hydroxyl groups excluding tert-OH is 2. The van der Waals surface area contributed by atoms with Gasteiger partial charge in [-0.25, -0.2) is 0 Å². The molecule has 0 aliphatic carbocycles. The van der Waals surface area contributed by atoms with Crippen LogP contribution in [0, 0.1) is 0 Å². The first-order valence-electron chi connectivity index (χ1n) is 4.32. The normalized spacial score (nSPS) is 56.3. The molecular weight excluding hydrogens is 176 g/mol. The number of hydrogen-bond donors (Lipinski definition) is 3. The Balaban J connectivity index is 2.16. The third-order valence-corrected chi connectivity index (χ3v) is 2.70. The minimum Gasteiger partial charge on any atom is -0.388 e. The molecule has 1 spiro atoms. The fourth-order valence-corrected chi connectivity index (χ4v) is 2.00. The summed E-state index contributed by atoms with van der Waals surface area (Å²) >= 11 is 0. The Hall–Kier alpha value is -0.200. The van der Waals surface area contributed by atoms with Crippen LogP contribution in [0.1, 0.15) is 13.3 Å². The van der Waals surface area contributed by atoms with Gasteiger partial charge >= 0.3 is 0 Å². The minimum atomic E-state index is -1.26. The van der Waals surface area contributed by atoms with Crippen molar-refractivity contribution in [2.24, 2.45) is 0 Å². The molecule has 0 aromatic heterocycles. The van der Waals surface area contributed by atoms with E-state index in [1.165, 1.54) is 6.92 Å². The van der Waals surface area contributed by atoms with Crippen molar-refractivity contribution in [3.63, 3.8) is 0 Å². The van der Waals surface area contributed by atoms with E-state index in [9.17, 15) is 15.3 Å². The fraction of sp³-hybridized carbons (Fsp3) is 1.00. The van der Waals surface area contributed by atoms with E-state index in [1.807, 2.05) is 0 Å². The second kappa shape index (κ2) is 2.65. The average Bonchev–Trinajstić information content (AvgIpc) is 2.48. The Labute approximate surface area is 75.9 Å². The molecule has 5 heteroatoms. The molecule has 2 heterocycles. The third kappa shape index (κ3) is 1.37. The zero-order valence-corrected chi connectivity index (χ0v) is 7.43. The molecule has 0 bridgehead atoms. The maximum atomic E-state index is 9.61. The molecule has 2 aliphatic heterocycles. The summed E-state index contributed by atoms with van der Waals surface area (Å²) in [7, 11) is 0. The van der Waals surface area contributed by atoms with Crippen LogP contribution in [0.25, 0.3) is 0 Å². The molecule has 5 nitrogen and oxygen atoms in total. The topological polar surface area (TPSA) is 79.2 Å². The maximum Gasteiger partial charge on any atom is 0.165 e. The summed E-state index contributed by atoms with van der Waals surface area (Å²) in [6, 6.07) is 0. The molecular formula is C8H14O5. The van der Waals surface area contributed by atoms with Crippen LogP contribution < -0.4 is 0 Å². The molecule has 2 rings (SSSR count). The van der Waals surface area contributed by atoms with E-state index in [-0.39, 0.29) is 19.6 Å². The van der Waals surface area contributed by atoms with Crippen LogP contribution in [-0.2, 0) is 9.47 Å². The summed E-state index contributed by atoms with van der Waals surface area (Å²) in [6.07, 6.45) is -1.66. The molecule has 13 heavy (non-hydrogen) atoms. The van der Waals surface area contributed by atoms with Gasteiger partial charge in [0.1, 0.15) is 17.8 Å². The van der Waals surface area contributed by atoms with Crippen molar-refractivity contribution >= 4 is 0 Å². The molecule has 0 radical (unpaired) electrons. The first-order chi connectivity index (χ1) is 5.95. The molecule has 4 atom stereocenters. The van der Waals surface area contributed by atoms with Crippen molar-refractivity contribution in [1.82, 2.24) is 0 Å². The molecule has 2 fully saturated rings. The smallest absolute Gasteiger partial charge is 0.165 e. The van der Waals surface area contributed by atoms with Crippen molar-refractivity contribution in [3.05, 3.63) is 0 Å². The second-order valence-corrected chi connectivity index (χ2v) is 4.03. The van der Waals surface area contributed by atoms with Crippen molar-refractivity contribution in [3.8, 4) is 0 Å². The number of aliphatic hydroxyl groups is 3.